The first-order valence-electron chi connectivity index (χ1n) is 7.28. The first-order chi connectivity index (χ1) is 9.11. The Balaban J connectivity index is 1.52. The molecule has 3 atom stereocenters. The number of fused-ring (bicyclic) bond motifs is 2. The number of hydrogen-bond acceptors (Lipinski definition) is 3. The van der Waals surface area contributed by atoms with Crippen LogP contribution in [0.1, 0.15) is 43.6 Å². The van der Waals surface area contributed by atoms with E-state index in [0.717, 1.165) is 23.3 Å². The lowest BCUT2D eigenvalue weighted by molar-refractivity contribution is -0.131. The number of aryl methyl sites for hydroxylation is 1. The van der Waals surface area contributed by atoms with E-state index in [9.17, 15) is 4.79 Å². The average molecular weight is 262 g/mol. The van der Waals surface area contributed by atoms with Gasteiger partial charge in [0.05, 0.1) is 6.54 Å². The van der Waals surface area contributed by atoms with E-state index in [2.05, 4.69) is 5.16 Å². The molecule has 0 spiro atoms. The Bertz CT molecular complexity index is 468. The van der Waals surface area contributed by atoms with Crippen LogP contribution in [0.3, 0.4) is 0 Å². The molecule has 1 aromatic rings. The first-order valence-corrected chi connectivity index (χ1v) is 7.28. The molecule has 2 fully saturated rings. The van der Waals surface area contributed by atoms with E-state index < -0.39 is 0 Å². The third kappa shape index (κ3) is 2.67. The molecule has 0 aliphatic heterocycles. The topological polar surface area (TPSA) is 46.3 Å². The maximum absolute atomic E-state index is 12.3. The van der Waals surface area contributed by atoms with Gasteiger partial charge in [0.25, 0.3) is 0 Å². The van der Waals surface area contributed by atoms with Crippen molar-refractivity contribution in [3.8, 4) is 0 Å². The van der Waals surface area contributed by atoms with Crippen molar-refractivity contribution in [1.29, 1.82) is 0 Å². The molecular formula is C15H22N2O2. The van der Waals surface area contributed by atoms with Crippen LogP contribution >= 0.6 is 0 Å². The Hall–Kier alpha value is -1.32. The number of carbonyl (C=O) groups is 1. The molecule has 2 bridgehead atoms. The van der Waals surface area contributed by atoms with E-state index in [1.54, 1.807) is 4.90 Å². The Labute approximate surface area is 114 Å². The molecule has 1 aromatic heterocycles. The van der Waals surface area contributed by atoms with Crippen molar-refractivity contribution in [2.45, 2.75) is 45.6 Å². The zero-order chi connectivity index (χ0) is 13.4. The van der Waals surface area contributed by atoms with Crippen LogP contribution in [0.5, 0.6) is 0 Å². The highest BCUT2D eigenvalue weighted by Crippen LogP contribution is 2.49. The lowest BCUT2D eigenvalue weighted by atomic mass is 9.86. The van der Waals surface area contributed by atoms with Crippen LogP contribution in [0.25, 0.3) is 0 Å². The van der Waals surface area contributed by atoms with E-state index in [1.807, 2.05) is 20.0 Å². The quantitative estimate of drug-likeness (QED) is 0.838. The fourth-order valence-electron chi connectivity index (χ4n) is 3.83. The van der Waals surface area contributed by atoms with Gasteiger partial charge in [0.1, 0.15) is 11.5 Å². The monoisotopic (exact) mass is 262 g/mol. The summed E-state index contributed by atoms with van der Waals surface area (Å²) >= 11 is 0. The fraction of sp³-hybridized carbons (Fsp3) is 0.733. The minimum absolute atomic E-state index is 0.248. The lowest BCUT2D eigenvalue weighted by Gasteiger charge is -2.24. The highest BCUT2D eigenvalue weighted by atomic mass is 16.5. The second-order valence-corrected chi connectivity index (χ2v) is 6.32. The number of nitrogens with zero attached hydrogens (tertiary/aromatic N) is 2. The summed E-state index contributed by atoms with van der Waals surface area (Å²) in [7, 11) is 1.86. The Morgan fingerprint density at radius 3 is 2.89 bits per heavy atom. The summed E-state index contributed by atoms with van der Waals surface area (Å²) in [5, 5.41) is 3.94. The number of hydrogen-bond donors (Lipinski definition) is 0. The Kier molecular flexibility index (Phi) is 3.33. The largest absolute Gasteiger partial charge is 0.361 e. The van der Waals surface area contributed by atoms with Crippen LogP contribution in [0.15, 0.2) is 10.6 Å². The Morgan fingerprint density at radius 1 is 1.47 bits per heavy atom. The molecule has 3 unspecified atom stereocenters. The molecule has 1 amide bonds. The van der Waals surface area contributed by atoms with Crippen LogP contribution in [-0.2, 0) is 11.3 Å². The van der Waals surface area contributed by atoms with Crippen molar-refractivity contribution < 1.29 is 9.32 Å². The summed E-state index contributed by atoms with van der Waals surface area (Å²) in [5.74, 6) is 3.40. The van der Waals surface area contributed by atoms with E-state index in [-0.39, 0.29) is 5.91 Å². The van der Waals surface area contributed by atoms with Crippen molar-refractivity contribution >= 4 is 5.91 Å². The second-order valence-electron chi connectivity index (χ2n) is 6.32. The summed E-state index contributed by atoms with van der Waals surface area (Å²) in [6, 6.07) is 1.89. The standard InChI is InChI=1S/C15H22N2O2/c1-10-5-14(16-19-10)9-17(2)15(18)8-13-7-11-3-4-12(13)6-11/h5,11-13H,3-4,6-9H2,1-2H3. The Morgan fingerprint density at radius 2 is 2.32 bits per heavy atom. The maximum Gasteiger partial charge on any atom is 0.222 e. The van der Waals surface area contributed by atoms with Crippen molar-refractivity contribution in [3.05, 3.63) is 17.5 Å². The predicted octanol–water partition coefficient (Wildman–Crippen LogP) is 2.77. The van der Waals surface area contributed by atoms with Crippen molar-refractivity contribution in [2.24, 2.45) is 17.8 Å². The van der Waals surface area contributed by atoms with Crippen molar-refractivity contribution in [1.82, 2.24) is 10.1 Å². The van der Waals surface area contributed by atoms with Crippen LogP contribution in [0.4, 0.5) is 0 Å². The van der Waals surface area contributed by atoms with E-state index >= 15 is 0 Å². The molecule has 2 aliphatic carbocycles. The summed E-state index contributed by atoms with van der Waals surface area (Å²) in [5.41, 5.74) is 0.835. The van der Waals surface area contributed by atoms with Crippen LogP contribution in [-0.4, -0.2) is 23.0 Å². The van der Waals surface area contributed by atoms with Gasteiger partial charge in [0, 0.05) is 19.5 Å². The summed E-state index contributed by atoms with van der Waals surface area (Å²) in [6.07, 6.45) is 6.09. The molecule has 0 saturated heterocycles. The molecule has 4 heteroatoms. The zero-order valence-corrected chi connectivity index (χ0v) is 11.8. The molecule has 4 nitrogen and oxygen atoms in total. The van der Waals surface area contributed by atoms with Crippen LogP contribution in [0, 0.1) is 24.7 Å². The summed E-state index contributed by atoms with van der Waals surface area (Å²) < 4.78 is 5.03. The molecule has 1 heterocycles. The maximum atomic E-state index is 12.3. The van der Waals surface area contributed by atoms with E-state index in [4.69, 9.17) is 4.52 Å². The third-order valence-electron chi connectivity index (χ3n) is 4.82. The third-order valence-corrected chi connectivity index (χ3v) is 4.82. The molecule has 3 rings (SSSR count). The van der Waals surface area contributed by atoms with Gasteiger partial charge in [-0.15, -0.1) is 0 Å². The highest BCUT2D eigenvalue weighted by molar-refractivity contribution is 5.76. The molecule has 0 N–H and O–H groups in total. The number of aromatic nitrogens is 1. The van der Waals surface area contributed by atoms with Crippen molar-refractivity contribution in [3.63, 3.8) is 0 Å². The van der Waals surface area contributed by atoms with Gasteiger partial charge >= 0.3 is 0 Å². The number of carbonyl (C=O) groups excluding carboxylic acids is 1. The highest BCUT2D eigenvalue weighted by Gasteiger charge is 2.40. The molecule has 2 saturated carbocycles. The zero-order valence-electron chi connectivity index (χ0n) is 11.8. The van der Waals surface area contributed by atoms with E-state index in [1.165, 1.54) is 25.7 Å². The summed E-state index contributed by atoms with van der Waals surface area (Å²) in [4.78, 5) is 14.0. The summed E-state index contributed by atoms with van der Waals surface area (Å²) in [6.45, 7) is 2.42. The van der Waals surface area contributed by atoms with Crippen LogP contribution in [0.2, 0.25) is 0 Å². The van der Waals surface area contributed by atoms with Gasteiger partial charge in [-0.25, -0.2) is 0 Å². The van der Waals surface area contributed by atoms with Crippen molar-refractivity contribution in [2.75, 3.05) is 7.05 Å². The number of rotatable bonds is 4. The average Bonchev–Trinajstić information content (AvgIpc) is 3.06. The van der Waals surface area contributed by atoms with Gasteiger partial charge in [-0.05, 0) is 43.9 Å². The van der Waals surface area contributed by atoms with Gasteiger partial charge in [-0.3, -0.25) is 4.79 Å². The number of amides is 1. The van der Waals surface area contributed by atoms with Gasteiger partial charge in [0.2, 0.25) is 5.91 Å². The van der Waals surface area contributed by atoms with E-state index in [0.29, 0.717) is 18.9 Å². The molecule has 0 aromatic carbocycles. The van der Waals surface area contributed by atoms with Gasteiger partial charge in [-0.2, -0.15) is 0 Å². The first kappa shape index (κ1) is 12.7. The van der Waals surface area contributed by atoms with Gasteiger partial charge < -0.3 is 9.42 Å². The predicted molar refractivity (Wildman–Crippen MR) is 71.3 cm³/mol. The van der Waals surface area contributed by atoms with Gasteiger partial charge in [0.15, 0.2) is 0 Å². The molecule has 19 heavy (non-hydrogen) atoms. The second kappa shape index (κ2) is 4.99. The minimum Gasteiger partial charge on any atom is -0.361 e. The molecule has 0 radical (unpaired) electrons. The molecule has 104 valence electrons. The normalized spacial score (nSPS) is 28.8. The SMILES string of the molecule is Cc1cc(CN(C)C(=O)CC2CC3CCC2C3)no1. The smallest absolute Gasteiger partial charge is 0.222 e. The lowest BCUT2D eigenvalue weighted by Crippen LogP contribution is -2.29. The molecular weight excluding hydrogens is 240 g/mol. The van der Waals surface area contributed by atoms with Crippen LogP contribution < -0.4 is 0 Å². The minimum atomic E-state index is 0.248. The van der Waals surface area contributed by atoms with Gasteiger partial charge in [-0.1, -0.05) is 11.6 Å². The fourth-order valence-corrected chi connectivity index (χ4v) is 3.83. The molecule has 2 aliphatic rings.